The Morgan fingerprint density at radius 1 is 1.23 bits per heavy atom. The van der Waals surface area contributed by atoms with Crippen LogP contribution in [0, 0.1) is 0 Å². The van der Waals surface area contributed by atoms with Crippen molar-refractivity contribution in [2.75, 3.05) is 29.9 Å². The van der Waals surface area contributed by atoms with Gasteiger partial charge in [-0.3, -0.25) is 9.59 Å². The van der Waals surface area contributed by atoms with Gasteiger partial charge in [0, 0.05) is 36.7 Å². The molecule has 2 heterocycles. The molecule has 0 spiro atoms. The molecule has 2 amide bonds. The van der Waals surface area contributed by atoms with Crippen molar-refractivity contribution in [3.05, 3.63) is 48.2 Å². The smallest absolute Gasteiger partial charge is 0.257 e. The molecule has 2 aromatic rings. The number of anilines is 2. The lowest BCUT2D eigenvalue weighted by Crippen LogP contribution is -2.47. The van der Waals surface area contributed by atoms with E-state index in [4.69, 9.17) is 4.74 Å². The maximum atomic E-state index is 12.3. The molecule has 2 N–H and O–H groups in total. The van der Waals surface area contributed by atoms with E-state index in [0.717, 1.165) is 12.2 Å². The molecule has 1 aromatic heterocycles. The number of hydrogen-bond donors (Lipinski definition) is 2. The van der Waals surface area contributed by atoms with Crippen LogP contribution in [0.5, 0.6) is 5.88 Å². The van der Waals surface area contributed by atoms with Crippen molar-refractivity contribution in [2.45, 2.75) is 20.0 Å². The van der Waals surface area contributed by atoms with Crippen LogP contribution in [0.15, 0.2) is 42.6 Å². The van der Waals surface area contributed by atoms with Gasteiger partial charge in [-0.15, -0.1) is 0 Å². The zero-order valence-corrected chi connectivity index (χ0v) is 14.9. The molecule has 26 heavy (non-hydrogen) atoms. The van der Waals surface area contributed by atoms with Crippen molar-refractivity contribution in [1.82, 2.24) is 10.3 Å². The first-order valence-corrected chi connectivity index (χ1v) is 8.57. The second-order valence-electron chi connectivity index (χ2n) is 6.32. The third-order valence-electron chi connectivity index (χ3n) is 3.88. The molecule has 1 aliphatic rings. The van der Waals surface area contributed by atoms with Gasteiger partial charge in [-0.05, 0) is 44.2 Å². The molecule has 1 fully saturated rings. The Morgan fingerprint density at radius 3 is 2.62 bits per heavy atom. The molecule has 0 saturated carbocycles. The van der Waals surface area contributed by atoms with Gasteiger partial charge in [0.25, 0.3) is 5.91 Å². The number of nitrogens with zero attached hydrogens (tertiary/aromatic N) is 2. The molecule has 3 rings (SSSR count). The average molecular weight is 354 g/mol. The number of benzene rings is 1. The lowest BCUT2D eigenvalue weighted by molar-refractivity contribution is -0.120. The summed E-state index contributed by atoms with van der Waals surface area (Å²) in [6.45, 7) is 5.60. The van der Waals surface area contributed by atoms with Crippen LogP contribution in [0.1, 0.15) is 24.2 Å². The highest BCUT2D eigenvalue weighted by Gasteiger charge is 2.16. The van der Waals surface area contributed by atoms with E-state index in [1.807, 2.05) is 43.0 Å². The largest absolute Gasteiger partial charge is 0.475 e. The van der Waals surface area contributed by atoms with Crippen LogP contribution >= 0.6 is 0 Å². The Labute approximate surface area is 152 Å². The van der Waals surface area contributed by atoms with Crippen molar-refractivity contribution in [1.29, 1.82) is 0 Å². The molecule has 7 nitrogen and oxygen atoms in total. The summed E-state index contributed by atoms with van der Waals surface area (Å²) in [5.74, 6) is 0.274. The van der Waals surface area contributed by atoms with Crippen LogP contribution in [0.2, 0.25) is 0 Å². The highest BCUT2D eigenvalue weighted by molar-refractivity contribution is 6.04. The van der Waals surface area contributed by atoms with Crippen LogP contribution in [0.4, 0.5) is 11.4 Å². The Hall–Kier alpha value is -3.09. The Bertz CT molecular complexity index is 772. The molecule has 1 aromatic carbocycles. The summed E-state index contributed by atoms with van der Waals surface area (Å²) in [6, 6.07) is 10.8. The van der Waals surface area contributed by atoms with Gasteiger partial charge in [0.2, 0.25) is 11.8 Å². The van der Waals surface area contributed by atoms with Gasteiger partial charge in [-0.25, -0.2) is 4.98 Å². The van der Waals surface area contributed by atoms with E-state index in [2.05, 4.69) is 15.6 Å². The maximum Gasteiger partial charge on any atom is 0.257 e. The molecular weight excluding hydrogens is 332 g/mol. The minimum absolute atomic E-state index is 0.0195. The Morgan fingerprint density at radius 2 is 2.00 bits per heavy atom. The van der Waals surface area contributed by atoms with Gasteiger partial charge >= 0.3 is 0 Å². The first-order chi connectivity index (χ1) is 12.5. The minimum atomic E-state index is -0.237. The predicted molar refractivity (Wildman–Crippen MR) is 99.6 cm³/mol. The zero-order chi connectivity index (χ0) is 18.5. The molecule has 1 saturated heterocycles. The topological polar surface area (TPSA) is 83.6 Å². The van der Waals surface area contributed by atoms with E-state index < -0.39 is 0 Å². The number of ether oxygens (including phenoxy) is 1. The van der Waals surface area contributed by atoms with E-state index >= 15 is 0 Å². The van der Waals surface area contributed by atoms with Crippen molar-refractivity contribution >= 4 is 23.2 Å². The number of aromatic nitrogens is 1. The molecule has 0 radical (unpaired) electrons. The monoisotopic (exact) mass is 354 g/mol. The highest BCUT2D eigenvalue weighted by atomic mass is 16.5. The standard InChI is InChI=1S/C19H22N4O3/c1-13(2)26-18-8-3-14(11-21-18)19(25)22-15-4-6-16(7-5-15)23-10-9-20-17(24)12-23/h3-8,11,13H,9-10,12H2,1-2H3,(H,20,24)(H,22,25). The van der Waals surface area contributed by atoms with Crippen LogP contribution < -0.4 is 20.3 Å². The Kier molecular flexibility index (Phi) is 5.36. The molecule has 136 valence electrons. The SMILES string of the molecule is CC(C)Oc1ccc(C(=O)Nc2ccc(N3CCNC(=O)C3)cc2)cn1. The fourth-order valence-corrected chi connectivity index (χ4v) is 2.64. The molecule has 0 unspecified atom stereocenters. The molecule has 7 heteroatoms. The van der Waals surface area contributed by atoms with Crippen molar-refractivity contribution in [3.8, 4) is 5.88 Å². The lowest BCUT2D eigenvalue weighted by Gasteiger charge is -2.28. The number of pyridine rings is 1. The fourth-order valence-electron chi connectivity index (χ4n) is 2.64. The number of nitrogens with one attached hydrogen (secondary N) is 2. The number of hydrogen-bond acceptors (Lipinski definition) is 5. The summed E-state index contributed by atoms with van der Waals surface area (Å²) in [5, 5.41) is 5.64. The fraction of sp³-hybridized carbons (Fsp3) is 0.316. The summed E-state index contributed by atoms with van der Waals surface area (Å²) in [6.07, 6.45) is 1.53. The zero-order valence-electron chi connectivity index (χ0n) is 14.9. The predicted octanol–water partition coefficient (Wildman–Crippen LogP) is 2.06. The third-order valence-corrected chi connectivity index (χ3v) is 3.88. The summed E-state index contributed by atoms with van der Waals surface area (Å²) >= 11 is 0. The van der Waals surface area contributed by atoms with E-state index in [1.165, 1.54) is 6.20 Å². The summed E-state index contributed by atoms with van der Waals surface area (Å²) in [7, 11) is 0. The number of piperazine rings is 1. The van der Waals surface area contributed by atoms with Gasteiger partial charge in [-0.1, -0.05) is 0 Å². The Balaban J connectivity index is 1.61. The van der Waals surface area contributed by atoms with Crippen LogP contribution in [-0.4, -0.2) is 42.5 Å². The third kappa shape index (κ3) is 4.50. The number of carbonyl (C=O) groups is 2. The number of amides is 2. The first kappa shape index (κ1) is 17.7. The van der Waals surface area contributed by atoms with Crippen molar-refractivity contribution in [2.24, 2.45) is 0 Å². The van der Waals surface area contributed by atoms with Gasteiger partial charge in [0.1, 0.15) is 0 Å². The number of carbonyl (C=O) groups excluding carboxylic acids is 2. The summed E-state index contributed by atoms with van der Waals surface area (Å²) in [5.41, 5.74) is 2.09. The van der Waals surface area contributed by atoms with Crippen molar-refractivity contribution < 1.29 is 14.3 Å². The van der Waals surface area contributed by atoms with Crippen LogP contribution in [-0.2, 0) is 4.79 Å². The second-order valence-corrected chi connectivity index (χ2v) is 6.32. The summed E-state index contributed by atoms with van der Waals surface area (Å²) < 4.78 is 5.47. The van der Waals surface area contributed by atoms with E-state index in [0.29, 0.717) is 30.2 Å². The van der Waals surface area contributed by atoms with Gasteiger partial charge in [0.15, 0.2) is 0 Å². The van der Waals surface area contributed by atoms with Gasteiger partial charge in [0.05, 0.1) is 18.2 Å². The number of rotatable bonds is 5. The quantitative estimate of drug-likeness (QED) is 0.859. The minimum Gasteiger partial charge on any atom is -0.475 e. The molecule has 0 aliphatic carbocycles. The van der Waals surface area contributed by atoms with E-state index in [-0.39, 0.29) is 17.9 Å². The van der Waals surface area contributed by atoms with E-state index in [1.54, 1.807) is 12.1 Å². The van der Waals surface area contributed by atoms with E-state index in [9.17, 15) is 9.59 Å². The average Bonchev–Trinajstić information content (AvgIpc) is 2.62. The molecular formula is C19H22N4O3. The van der Waals surface area contributed by atoms with Gasteiger partial charge < -0.3 is 20.3 Å². The van der Waals surface area contributed by atoms with Gasteiger partial charge in [-0.2, -0.15) is 0 Å². The van der Waals surface area contributed by atoms with Crippen LogP contribution in [0.3, 0.4) is 0 Å². The molecule has 1 aliphatic heterocycles. The highest BCUT2D eigenvalue weighted by Crippen LogP contribution is 2.19. The first-order valence-electron chi connectivity index (χ1n) is 8.57. The lowest BCUT2D eigenvalue weighted by atomic mass is 10.2. The summed E-state index contributed by atoms with van der Waals surface area (Å²) in [4.78, 5) is 29.9. The molecule has 0 bridgehead atoms. The maximum absolute atomic E-state index is 12.3. The van der Waals surface area contributed by atoms with Crippen LogP contribution in [0.25, 0.3) is 0 Å². The van der Waals surface area contributed by atoms with Crippen molar-refractivity contribution in [3.63, 3.8) is 0 Å². The normalized spacial score (nSPS) is 14.1. The second kappa shape index (κ2) is 7.86. The molecule has 0 atom stereocenters.